The van der Waals surface area contributed by atoms with Crippen molar-refractivity contribution in [3.63, 3.8) is 0 Å². The Kier molecular flexibility index (Phi) is 1.87. The molecule has 4 heteroatoms. The Labute approximate surface area is 84.9 Å². The maximum atomic E-state index is 4.45. The van der Waals surface area contributed by atoms with E-state index >= 15 is 0 Å². The minimum Gasteiger partial charge on any atom is -0.316 e. The molecule has 2 rings (SSSR count). The van der Waals surface area contributed by atoms with Gasteiger partial charge in [-0.25, -0.2) is 9.97 Å². The third-order valence-electron chi connectivity index (χ3n) is 2.20. The van der Waals surface area contributed by atoms with Crippen LogP contribution in [-0.4, -0.2) is 14.5 Å². The van der Waals surface area contributed by atoms with Gasteiger partial charge < -0.3 is 4.57 Å². The molecule has 13 heavy (non-hydrogen) atoms. The van der Waals surface area contributed by atoms with Gasteiger partial charge in [-0.1, -0.05) is 0 Å². The van der Waals surface area contributed by atoms with Crippen molar-refractivity contribution in [1.82, 2.24) is 14.5 Å². The molecule has 0 aromatic carbocycles. The molecular weight excluding hydrogens is 230 g/mol. The average Bonchev–Trinajstić information content (AvgIpc) is 2.32. The highest BCUT2D eigenvalue weighted by Gasteiger charge is 2.07. The lowest BCUT2D eigenvalue weighted by atomic mass is 10.3. The number of fused-ring (bicyclic) bond motifs is 1. The van der Waals surface area contributed by atoms with Crippen LogP contribution in [0.3, 0.4) is 0 Å². The Balaban J connectivity index is 2.89. The Hall–Kier alpha value is -0.900. The van der Waals surface area contributed by atoms with Crippen LogP contribution in [-0.2, 0) is 7.05 Å². The molecule has 3 nitrogen and oxygen atoms in total. The maximum Gasteiger partial charge on any atom is 0.160 e. The molecule has 0 bridgehead atoms. The molecule has 0 amide bonds. The van der Waals surface area contributed by atoms with Gasteiger partial charge in [0.15, 0.2) is 5.65 Å². The van der Waals surface area contributed by atoms with Gasteiger partial charge in [0.1, 0.15) is 11.3 Å². The molecule has 0 saturated carbocycles. The normalized spacial score (nSPS) is 11.1. The number of nitrogens with zero attached hydrogens (tertiary/aromatic N) is 3. The fourth-order valence-electron chi connectivity index (χ4n) is 1.29. The van der Waals surface area contributed by atoms with Crippen molar-refractivity contribution in [3.8, 4) is 0 Å². The number of pyridine rings is 1. The fourth-order valence-corrected chi connectivity index (χ4v) is 1.60. The van der Waals surface area contributed by atoms with Crippen LogP contribution in [0.1, 0.15) is 11.5 Å². The highest BCUT2D eigenvalue weighted by Crippen LogP contribution is 2.20. The zero-order chi connectivity index (χ0) is 9.59. The van der Waals surface area contributed by atoms with Crippen LogP contribution in [0, 0.1) is 13.8 Å². The predicted octanol–water partition coefficient (Wildman–Crippen LogP) is 2.35. The smallest absolute Gasteiger partial charge is 0.160 e. The van der Waals surface area contributed by atoms with Crippen LogP contribution in [0.5, 0.6) is 0 Å². The van der Waals surface area contributed by atoms with E-state index in [1.165, 1.54) is 0 Å². The Morgan fingerprint density at radius 3 is 2.69 bits per heavy atom. The van der Waals surface area contributed by atoms with E-state index in [2.05, 4.69) is 25.9 Å². The number of rotatable bonds is 0. The molecule has 0 N–H and O–H groups in total. The van der Waals surface area contributed by atoms with Gasteiger partial charge in [-0.05, 0) is 35.8 Å². The second kappa shape index (κ2) is 2.80. The summed E-state index contributed by atoms with van der Waals surface area (Å²) in [5, 5.41) is 0. The van der Waals surface area contributed by atoms with Crippen LogP contribution in [0.2, 0.25) is 0 Å². The Morgan fingerprint density at radius 2 is 2.00 bits per heavy atom. The third-order valence-corrected chi connectivity index (χ3v) is 3.00. The molecule has 68 valence electrons. The van der Waals surface area contributed by atoms with Gasteiger partial charge in [-0.3, -0.25) is 0 Å². The van der Waals surface area contributed by atoms with Crippen molar-refractivity contribution >= 4 is 27.1 Å². The summed E-state index contributed by atoms with van der Waals surface area (Å²) in [6.07, 6.45) is 0. The van der Waals surface area contributed by atoms with Crippen molar-refractivity contribution < 1.29 is 0 Å². The Morgan fingerprint density at radius 1 is 1.31 bits per heavy atom. The second-order valence-corrected chi connectivity index (χ2v) is 3.97. The molecular formula is C9H10BrN3. The molecule has 0 aliphatic carbocycles. The quantitative estimate of drug-likeness (QED) is 0.707. The van der Waals surface area contributed by atoms with Crippen molar-refractivity contribution in [3.05, 3.63) is 22.1 Å². The number of hydrogen-bond acceptors (Lipinski definition) is 2. The van der Waals surface area contributed by atoms with Crippen LogP contribution in [0.15, 0.2) is 10.5 Å². The zero-order valence-electron chi connectivity index (χ0n) is 7.80. The molecule has 2 aromatic heterocycles. The molecule has 0 radical (unpaired) electrons. The highest BCUT2D eigenvalue weighted by atomic mass is 79.9. The summed E-state index contributed by atoms with van der Waals surface area (Å²) in [7, 11) is 1.98. The largest absolute Gasteiger partial charge is 0.316 e. The number of aryl methyl sites for hydroxylation is 3. The lowest BCUT2D eigenvalue weighted by Gasteiger charge is -1.98. The molecule has 0 fully saturated rings. The summed E-state index contributed by atoms with van der Waals surface area (Å²) in [5.74, 6) is 0.986. The van der Waals surface area contributed by atoms with Gasteiger partial charge >= 0.3 is 0 Å². The lowest BCUT2D eigenvalue weighted by molar-refractivity contribution is 0.871. The molecule has 0 unspecified atom stereocenters. The van der Waals surface area contributed by atoms with Gasteiger partial charge in [0.05, 0.1) is 5.69 Å². The van der Waals surface area contributed by atoms with E-state index in [4.69, 9.17) is 0 Å². The number of aromatic nitrogens is 3. The van der Waals surface area contributed by atoms with Gasteiger partial charge in [0.2, 0.25) is 0 Å². The van der Waals surface area contributed by atoms with Gasteiger partial charge in [-0.15, -0.1) is 0 Å². The van der Waals surface area contributed by atoms with Gasteiger partial charge in [-0.2, -0.15) is 0 Å². The summed E-state index contributed by atoms with van der Waals surface area (Å²) >= 11 is 3.44. The minimum absolute atomic E-state index is 0.942. The van der Waals surface area contributed by atoms with Crippen molar-refractivity contribution in [2.75, 3.05) is 0 Å². The monoisotopic (exact) mass is 239 g/mol. The SMILES string of the molecule is Cc1nc2c(cc1Br)nc(C)n2C. The van der Waals surface area contributed by atoms with E-state index in [0.29, 0.717) is 0 Å². The second-order valence-electron chi connectivity index (χ2n) is 3.12. The summed E-state index contributed by atoms with van der Waals surface area (Å²) in [6.45, 7) is 3.96. The molecule has 2 heterocycles. The van der Waals surface area contributed by atoms with E-state index < -0.39 is 0 Å². The first-order valence-corrected chi connectivity index (χ1v) is 4.85. The third kappa shape index (κ3) is 1.25. The summed E-state index contributed by atoms with van der Waals surface area (Å²) in [5.41, 5.74) is 2.88. The van der Waals surface area contributed by atoms with Crippen LogP contribution >= 0.6 is 15.9 Å². The van der Waals surface area contributed by atoms with Crippen LogP contribution in [0.4, 0.5) is 0 Å². The van der Waals surface area contributed by atoms with E-state index in [9.17, 15) is 0 Å². The molecule has 2 aromatic rings. The van der Waals surface area contributed by atoms with E-state index in [1.807, 2.05) is 31.5 Å². The maximum absolute atomic E-state index is 4.45. The number of imidazole rings is 1. The van der Waals surface area contributed by atoms with Crippen LogP contribution < -0.4 is 0 Å². The number of halogens is 1. The molecule has 0 aliphatic heterocycles. The Bertz CT molecular complexity index is 473. The summed E-state index contributed by atoms with van der Waals surface area (Å²) in [4.78, 5) is 8.83. The zero-order valence-corrected chi connectivity index (χ0v) is 9.38. The van der Waals surface area contributed by atoms with Crippen molar-refractivity contribution in [2.24, 2.45) is 7.05 Å². The molecule has 0 spiro atoms. The average molecular weight is 240 g/mol. The van der Waals surface area contributed by atoms with Crippen molar-refractivity contribution in [1.29, 1.82) is 0 Å². The first-order valence-electron chi connectivity index (χ1n) is 4.06. The van der Waals surface area contributed by atoms with Gasteiger partial charge in [0.25, 0.3) is 0 Å². The summed E-state index contributed by atoms with van der Waals surface area (Å²) < 4.78 is 3.01. The lowest BCUT2D eigenvalue weighted by Crippen LogP contribution is -1.93. The highest BCUT2D eigenvalue weighted by molar-refractivity contribution is 9.10. The predicted molar refractivity (Wildman–Crippen MR) is 55.7 cm³/mol. The fraction of sp³-hybridized carbons (Fsp3) is 0.333. The first kappa shape index (κ1) is 8.69. The van der Waals surface area contributed by atoms with E-state index in [0.717, 1.165) is 27.2 Å². The van der Waals surface area contributed by atoms with E-state index in [1.54, 1.807) is 0 Å². The topological polar surface area (TPSA) is 30.7 Å². The molecule has 0 saturated heterocycles. The molecule has 0 aliphatic rings. The van der Waals surface area contributed by atoms with Gasteiger partial charge in [0, 0.05) is 11.5 Å². The first-order chi connectivity index (χ1) is 6.09. The minimum atomic E-state index is 0.942. The standard InChI is InChI=1S/C9H10BrN3/c1-5-7(10)4-8-9(11-5)13(3)6(2)12-8/h4H,1-3H3. The van der Waals surface area contributed by atoms with Crippen LogP contribution in [0.25, 0.3) is 11.2 Å². The molecule has 0 atom stereocenters. The van der Waals surface area contributed by atoms with Crippen molar-refractivity contribution in [2.45, 2.75) is 13.8 Å². The summed E-state index contributed by atoms with van der Waals surface area (Å²) in [6, 6.07) is 2.00. The van der Waals surface area contributed by atoms with E-state index in [-0.39, 0.29) is 0 Å². The number of hydrogen-bond donors (Lipinski definition) is 0.